The van der Waals surface area contributed by atoms with Crippen molar-refractivity contribution in [2.24, 2.45) is 5.92 Å². The largest absolute Gasteiger partial charge is 0.495 e. The number of piperidine rings is 1. The number of likely N-dealkylation sites (tertiary alicyclic amines) is 1. The molecule has 8 heteroatoms. The van der Waals surface area contributed by atoms with Crippen LogP contribution in [0.15, 0.2) is 18.2 Å². The Morgan fingerprint density at radius 2 is 2.04 bits per heavy atom. The summed E-state index contributed by atoms with van der Waals surface area (Å²) in [5.74, 6) is -0.433. The van der Waals surface area contributed by atoms with Crippen LogP contribution in [0.1, 0.15) is 25.3 Å². The zero-order chi connectivity index (χ0) is 20.5. The smallest absolute Gasteiger partial charge is 0.310 e. The monoisotopic (exact) mass is 391 g/mol. The van der Waals surface area contributed by atoms with E-state index in [9.17, 15) is 14.4 Å². The molecule has 1 aliphatic heterocycles. The first-order valence-corrected chi connectivity index (χ1v) is 9.53. The van der Waals surface area contributed by atoms with Crippen molar-refractivity contribution in [1.82, 2.24) is 10.2 Å². The Bertz CT molecular complexity index is 707. The lowest BCUT2D eigenvalue weighted by Crippen LogP contribution is -2.45. The van der Waals surface area contributed by atoms with Crippen LogP contribution in [0, 0.1) is 12.8 Å². The third-order valence-corrected chi connectivity index (χ3v) is 4.57. The standard InChI is InChI=1S/C20H29N3O5/c1-4-28-20(26)15-6-5-9-23(12-15)13-19(25)21-11-18(24)22-16-10-14(2)7-8-17(16)27-3/h7-8,10,15H,4-6,9,11-13H2,1-3H3,(H,21,25)(H,22,24). The maximum atomic E-state index is 12.2. The van der Waals surface area contributed by atoms with Gasteiger partial charge in [-0.15, -0.1) is 0 Å². The first kappa shape index (κ1) is 21.7. The number of esters is 1. The van der Waals surface area contributed by atoms with E-state index >= 15 is 0 Å². The molecule has 0 aromatic heterocycles. The normalized spacial score (nSPS) is 16.9. The van der Waals surface area contributed by atoms with Crippen molar-refractivity contribution in [3.05, 3.63) is 23.8 Å². The van der Waals surface area contributed by atoms with Crippen molar-refractivity contribution in [1.29, 1.82) is 0 Å². The van der Waals surface area contributed by atoms with E-state index in [4.69, 9.17) is 9.47 Å². The zero-order valence-corrected chi connectivity index (χ0v) is 16.7. The van der Waals surface area contributed by atoms with Crippen molar-refractivity contribution in [3.63, 3.8) is 0 Å². The van der Waals surface area contributed by atoms with Gasteiger partial charge in [-0.05, 0) is 50.9 Å². The number of nitrogens with one attached hydrogen (secondary N) is 2. The molecular formula is C20H29N3O5. The summed E-state index contributed by atoms with van der Waals surface area (Å²) in [7, 11) is 1.53. The summed E-state index contributed by atoms with van der Waals surface area (Å²) in [5.41, 5.74) is 1.55. The minimum Gasteiger partial charge on any atom is -0.495 e. The van der Waals surface area contributed by atoms with Gasteiger partial charge in [-0.3, -0.25) is 19.3 Å². The number of benzene rings is 1. The number of hydrogen-bond acceptors (Lipinski definition) is 6. The summed E-state index contributed by atoms with van der Waals surface area (Å²) in [4.78, 5) is 38.1. The van der Waals surface area contributed by atoms with Gasteiger partial charge in [-0.2, -0.15) is 0 Å². The van der Waals surface area contributed by atoms with E-state index in [1.165, 1.54) is 7.11 Å². The second kappa shape index (κ2) is 10.7. The summed E-state index contributed by atoms with van der Waals surface area (Å²) >= 11 is 0. The molecule has 2 N–H and O–H groups in total. The highest BCUT2D eigenvalue weighted by Crippen LogP contribution is 2.25. The van der Waals surface area contributed by atoms with Crippen LogP contribution in [-0.4, -0.2) is 62.6 Å². The Hall–Kier alpha value is -2.61. The molecule has 1 saturated heterocycles. The van der Waals surface area contributed by atoms with Crippen molar-refractivity contribution < 1.29 is 23.9 Å². The number of anilines is 1. The molecule has 1 unspecified atom stereocenters. The number of methoxy groups -OCH3 is 1. The van der Waals surface area contributed by atoms with Gasteiger partial charge < -0.3 is 20.1 Å². The molecule has 2 rings (SSSR count). The van der Waals surface area contributed by atoms with E-state index in [0.29, 0.717) is 24.6 Å². The SMILES string of the molecule is CCOC(=O)C1CCCN(CC(=O)NCC(=O)Nc2cc(C)ccc2OC)C1. The molecule has 1 aliphatic rings. The first-order chi connectivity index (χ1) is 13.4. The van der Waals surface area contributed by atoms with Gasteiger partial charge in [-0.25, -0.2) is 0 Å². The topological polar surface area (TPSA) is 97.0 Å². The van der Waals surface area contributed by atoms with E-state index in [2.05, 4.69) is 10.6 Å². The van der Waals surface area contributed by atoms with Crippen LogP contribution in [-0.2, 0) is 19.1 Å². The second-order valence-electron chi connectivity index (χ2n) is 6.85. The number of nitrogens with zero attached hydrogens (tertiary/aromatic N) is 1. The summed E-state index contributed by atoms with van der Waals surface area (Å²) in [6.07, 6.45) is 1.61. The van der Waals surface area contributed by atoms with Gasteiger partial charge in [0.2, 0.25) is 11.8 Å². The molecule has 28 heavy (non-hydrogen) atoms. The fourth-order valence-electron chi connectivity index (χ4n) is 3.20. The molecular weight excluding hydrogens is 362 g/mol. The lowest BCUT2D eigenvalue weighted by Gasteiger charge is -2.30. The summed E-state index contributed by atoms with van der Waals surface area (Å²) in [5, 5.41) is 5.37. The number of ether oxygens (including phenoxy) is 2. The van der Waals surface area contributed by atoms with E-state index in [-0.39, 0.29) is 36.8 Å². The number of carbonyl (C=O) groups is 3. The fourth-order valence-corrected chi connectivity index (χ4v) is 3.20. The van der Waals surface area contributed by atoms with Crippen LogP contribution in [0.2, 0.25) is 0 Å². The Balaban J connectivity index is 1.78. The minimum atomic E-state index is -0.333. The highest BCUT2D eigenvalue weighted by atomic mass is 16.5. The van der Waals surface area contributed by atoms with Crippen LogP contribution in [0.25, 0.3) is 0 Å². The number of hydrogen-bond donors (Lipinski definition) is 2. The highest BCUT2D eigenvalue weighted by Gasteiger charge is 2.27. The average molecular weight is 391 g/mol. The van der Waals surface area contributed by atoms with Gasteiger partial charge >= 0.3 is 5.97 Å². The van der Waals surface area contributed by atoms with Crippen LogP contribution >= 0.6 is 0 Å². The van der Waals surface area contributed by atoms with Crippen molar-refractivity contribution in [2.75, 3.05) is 45.2 Å². The summed E-state index contributed by atoms with van der Waals surface area (Å²) in [6.45, 7) is 5.32. The Kier molecular flexibility index (Phi) is 8.25. The first-order valence-electron chi connectivity index (χ1n) is 9.53. The number of rotatable bonds is 8. The maximum absolute atomic E-state index is 12.2. The molecule has 154 valence electrons. The van der Waals surface area contributed by atoms with Gasteiger partial charge in [0, 0.05) is 6.54 Å². The van der Waals surface area contributed by atoms with Gasteiger partial charge in [0.15, 0.2) is 0 Å². The van der Waals surface area contributed by atoms with Gasteiger partial charge in [0.25, 0.3) is 0 Å². The van der Waals surface area contributed by atoms with Gasteiger partial charge in [-0.1, -0.05) is 6.07 Å². The summed E-state index contributed by atoms with van der Waals surface area (Å²) < 4.78 is 10.3. The van der Waals surface area contributed by atoms with Crippen LogP contribution in [0.5, 0.6) is 5.75 Å². The van der Waals surface area contributed by atoms with Crippen LogP contribution in [0.3, 0.4) is 0 Å². The molecule has 0 spiro atoms. The lowest BCUT2D eigenvalue weighted by atomic mass is 9.98. The zero-order valence-electron chi connectivity index (χ0n) is 16.7. The third kappa shape index (κ3) is 6.53. The molecule has 0 aliphatic carbocycles. The molecule has 0 radical (unpaired) electrons. The molecule has 8 nitrogen and oxygen atoms in total. The molecule has 1 fully saturated rings. The van der Waals surface area contributed by atoms with Crippen LogP contribution < -0.4 is 15.4 Å². The Labute approximate surface area is 165 Å². The molecule has 0 bridgehead atoms. The molecule has 1 aromatic carbocycles. The third-order valence-electron chi connectivity index (χ3n) is 4.57. The predicted molar refractivity (Wildman–Crippen MR) is 105 cm³/mol. The maximum Gasteiger partial charge on any atom is 0.310 e. The fraction of sp³-hybridized carbons (Fsp3) is 0.550. The lowest BCUT2D eigenvalue weighted by molar-refractivity contribution is -0.150. The van der Waals surface area contributed by atoms with Gasteiger partial charge in [0.1, 0.15) is 5.75 Å². The second-order valence-corrected chi connectivity index (χ2v) is 6.85. The molecule has 1 atom stereocenters. The minimum absolute atomic E-state index is 0.134. The van der Waals surface area contributed by atoms with Crippen molar-refractivity contribution >= 4 is 23.5 Å². The highest BCUT2D eigenvalue weighted by molar-refractivity contribution is 5.96. The molecule has 0 saturated carbocycles. The molecule has 2 amide bonds. The Morgan fingerprint density at radius 1 is 1.25 bits per heavy atom. The summed E-state index contributed by atoms with van der Waals surface area (Å²) in [6, 6.07) is 5.47. The van der Waals surface area contributed by atoms with E-state index in [1.807, 2.05) is 24.0 Å². The van der Waals surface area contributed by atoms with Crippen molar-refractivity contribution in [3.8, 4) is 5.75 Å². The number of amides is 2. The molecule has 1 aromatic rings. The van der Waals surface area contributed by atoms with Gasteiger partial charge in [0.05, 0.1) is 38.4 Å². The van der Waals surface area contributed by atoms with E-state index in [1.54, 1.807) is 13.0 Å². The predicted octanol–water partition coefficient (Wildman–Crippen LogP) is 1.33. The van der Waals surface area contributed by atoms with Crippen LogP contribution in [0.4, 0.5) is 5.69 Å². The number of carbonyl (C=O) groups excluding carboxylic acids is 3. The Morgan fingerprint density at radius 3 is 2.75 bits per heavy atom. The van der Waals surface area contributed by atoms with Crippen molar-refractivity contribution in [2.45, 2.75) is 26.7 Å². The quantitative estimate of drug-likeness (QED) is 0.649. The van der Waals surface area contributed by atoms with E-state index < -0.39 is 0 Å². The number of aryl methyl sites for hydroxylation is 1. The van der Waals surface area contributed by atoms with E-state index in [0.717, 1.165) is 24.9 Å². The molecule has 1 heterocycles. The average Bonchev–Trinajstić information content (AvgIpc) is 2.67.